The molecule has 1 saturated heterocycles. The van der Waals surface area contributed by atoms with E-state index < -0.39 is 15.9 Å². The van der Waals surface area contributed by atoms with Gasteiger partial charge in [-0.3, -0.25) is 4.68 Å². The van der Waals surface area contributed by atoms with Gasteiger partial charge in [-0.25, -0.2) is 8.42 Å². The van der Waals surface area contributed by atoms with E-state index in [0.717, 1.165) is 12.1 Å². The Labute approximate surface area is 108 Å². The quantitative estimate of drug-likeness (QED) is 0.849. The molecule has 1 aliphatic heterocycles. The molecule has 2 heterocycles. The highest BCUT2D eigenvalue weighted by atomic mass is 32.2. The second-order valence-electron chi connectivity index (χ2n) is 5.14. The first-order chi connectivity index (χ1) is 8.46. The number of aliphatic hydroxyl groups excluding tert-OH is 1. The molecule has 1 aromatic heterocycles. The fourth-order valence-electron chi connectivity index (χ4n) is 2.52. The Morgan fingerprint density at radius 3 is 2.94 bits per heavy atom. The lowest BCUT2D eigenvalue weighted by atomic mass is 9.98. The Bertz CT molecular complexity index is 495. The Hall–Kier alpha value is -0.880. The van der Waals surface area contributed by atoms with Crippen LogP contribution in [0.1, 0.15) is 25.0 Å². The average molecular weight is 272 g/mol. The Morgan fingerprint density at radius 1 is 1.61 bits per heavy atom. The summed E-state index contributed by atoms with van der Waals surface area (Å²) in [4.78, 5) is 0. The van der Waals surface area contributed by atoms with Crippen LogP contribution in [0.15, 0.2) is 12.3 Å². The molecule has 2 atom stereocenters. The summed E-state index contributed by atoms with van der Waals surface area (Å²) in [7, 11) is -0.951. The molecule has 102 valence electrons. The van der Waals surface area contributed by atoms with Crippen molar-refractivity contribution in [2.24, 2.45) is 13.0 Å². The Kier molecular flexibility index (Phi) is 4.07. The van der Waals surface area contributed by atoms with Crippen LogP contribution in [-0.4, -0.2) is 40.9 Å². The van der Waals surface area contributed by atoms with E-state index in [1.807, 2.05) is 13.1 Å². The van der Waals surface area contributed by atoms with Crippen molar-refractivity contribution >= 4 is 9.84 Å². The molecule has 1 N–H and O–H groups in total. The first kappa shape index (κ1) is 13.5. The van der Waals surface area contributed by atoms with E-state index in [1.54, 1.807) is 10.9 Å². The number of aryl methyl sites for hydroxylation is 2. The zero-order chi connectivity index (χ0) is 13.2. The number of sulfone groups is 1. The van der Waals surface area contributed by atoms with E-state index in [-0.39, 0.29) is 17.4 Å². The average Bonchev–Trinajstić information content (AvgIpc) is 2.82. The largest absolute Gasteiger partial charge is 0.393 e. The molecule has 1 aromatic rings. The van der Waals surface area contributed by atoms with Gasteiger partial charge in [-0.15, -0.1) is 0 Å². The summed E-state index contributed by atoms with van der Waals surface area (Å²) in [5.41, 5.74) is 1.09. The lowest BCUT2D eigenvalue weighted by Crippen LogP contribution is -2.16. The first-order valence-electron chi connectivity index (χ1n) is 6.31. The molecule has 0 aliphatic carbocycles. The fourth-order valence-corrected chi connectivity index (χ4v) is 4.40. The van der Waals surface area contributed by atoms with Gasteiger partial charge in [0.25, 0.3) is 0 Å². The van der Waals surface area contributed by atoms with Gasteiger partial charge in [0, 0.05) is 18.9 Å². The summed E-state index contributed by atoms with van der Waals surface area (Å²) in [6.45, 7) is 0. The predicted molar refractivity (Wildman–Crippen MR) is 68.9 cm³/mol. The van der Waals surface area contributed by atoms with Gasteiger partial charge in [-0.05, 0) is 37.7 Å². The molecule has 1 fully saturated rings. The zero-order valence-electron chi connectivity index (χ0n) is 10.6. The maximum Gasteiger partial charge on any atom is 0.150 e. The highest BCUT2D eigenvalue weighted by molar-refractivity contribution is 7.91. The summed E-state index contributed by atoms with van der Waals surface area (Å²) >= 11 is 0. The number of aliphatic hydroxyl groups is 1. The van der Waals surface area contributed by atoms with Gasteiger partial charge in [-0.2, -0.15) is 5.10 Å². The van der Waals surface area contributed by atoms with Crippen LogP contribution in [0.5, 0.6) is 0 Å². The van der Waals surface area contributed by atoms with E-state index in [4.69, 9.17) is 0 Å². The lowest BCUT2D eigenvalue weighted by molar-refractivity contribution is 0.137. The van der Waals surface area contributed by atoms with Crippen LogP contribution in [0.2, 0.25) is 0 Å². The van der Waals surface area contributed by atoms with Crippen molar-refractivity contribution in [3.63, 3.8) is 0 Å². The normalized spacial score (nSPS) is 24.2. The van der Waals surface area contributed by atoms with Crippen molar-refractivity contribution in [3.05, 3.63) is 18.0 Å². The van der Waals surface area contributed by atoms with Crippen molar-refractivity contribution in [1.82, 2.24) is 9.78 Å². The van der Waals surface area contributed by atoms with E-state index in [1.165, 1.54) is 0 Å². The summed E-state index contributed by atoms with van der Waals surface area (Å²) in [6.07, 6.45) is 4.05. The minimum atomic E-state index is -2.83. The monoisotopic (exact) mass is 272 g/mol. The highest BCUT2D eigenvalue weighted by Gasteiger charge is 2.29. The molecule has 0 radical (unpaired) electrons. The summed E-state index contributed by atoms with van der Waals surface area (Å²) in [5, 5.41) is 14.0. The maximum absolute atomic E-state index is 11.3. The van der Waals surface area contributed by atoms with Crippen LogP contribution >= 0.6 is 0 Å². The van der Waals surface area contributed by atoms with Crippen molar-refractivity contribution in [2.75, 3.05) is 11.5 Å². The van der Waals surface area contributed by atoms with Crippen LogP contribution in [-0.2, 0) is 23.3 Å². The van der Waals surface area contributed by atoms with Gasteiger partial charge in [0.1, 0.15) is 0 Å². The van der Waals surface area contributed by atoms with Gasteiger partial charge < -0.3 is 5.11 Å². The predicted octanol–water partition coefficient (Wildman–Crippen LogP) is 0.538. The summed E-state index contributed by atoms with van der Waals surface area (Å²) in [5.74, 6) is 0.665. The van der Waals surface area contributed by atoms with E-state index in [9.17, 15) is 13.5 Å². The lowest BCUT2D eigenvalue weighted by Gasteiger charge is -2.14. The number of rotatable bonds is 5. The Balaban J connectivity index is 1.76. The molecule has 0 bridgehead atoms. The number of hydrogen-bond donors (Lipinski definition) is 1. The molecular formula is C12H20N2O3S. The standard InChI is InChI=1S/C12H20N2O3S/c1-14-11(4-6-13-14)2-3-12(15)8-10-5-7-18(16,17)9-10/h4,6,10,12,15H,2-3,5,7-9H2,1H3. The molecule has 2 rings (SSSR count). The van der Waals surface area contributed by atoms with E-state index in [0.29, 0.717) is 19.3 Å². The van der Waals surface area contributed by atoms with Crippen molar-refractivity contribution in [1.29, 1.82) is 0 Å². The molecule has 0 saturated carbocycles. The van der Waals surface area contributed by atoms with Gasteiger partial charge in [-0.1, -0.05) is 0 Å². The van der Waals surface area contributed by atoms with Crippen LogP contribution in [0.3, 0.4) is 0 Å². The summed E-state index contributed by atoms with van der Waals surface area (Å²) in [6, 6.07) is 1.94. The molecule has 2 unspecified atom stereocenters. The summed E-state index contributed by atoms with van der Waals surface area (Å²) < 4.78 is 24.4. The van der Waals surface area contributed by atoms with E-state index in [2.05, 4.69) is 5.10 Å². The maximum atomic E-state index is 11.3. The van der Waals surface area contributed by atoms with Gasteiger partial charge >= 0.3 is 0 Å². The number of hydrogen-bond acceptors (Lipinski definition) is 4. The Morgan fingerprint density at radius 2 is 2.39 bits per heavy atom. The second kappa shape index (κ2) is 5.40. The number of aromatic nitrogens is 2. The topological polar surface area (TPSA) is 72.2 Å². The third-order valence-corrected chi connectivity index (χ3v) is 5.43. The molecular weight excluding hydrogens is 252 g/mol. The molecule has 0 spiro atoms. The van der Waals surface area contributed by atoms with Gasteiger partial charge in [0.05, 0.1) is 17.6 Å². The van der Waals surface area contributed by atoms with Crippen LogP contribution in [0, 0.1) is 5.92 Å². The van der Waals surface area contributed by atoms with Crippen molar-refractivity contribution in [3.8, 4) is 0 Å². The highest BCUT2D eigenvalue weighted by Crippen LogP contribution is 2.24. The minimum Gasteiger partial charge on any atom is -0.393 e. The zero-order valence-corrected chi connectivity index (χ0v) is 11.4. The number of nitrogens with zero attached hydrogens (tertiary/aromatic N) is 2. The van der Waals surface area contributed by atoms with E-state index >= 15 is 0 Å². The molecule has 0 aromatic carbocycles. The van der Waals surface area contributed by atoms with Crippen LogP contribution in [0.4, 0.5) is 0 Å². The molecule has 5 nitrogen and oxygen atoms in total. The van der Waals surface area contributed by atoms with Crippen LogP contribution < -0.4 is 0 Å². The molecule has 18 heavy (non-hydrogen) atoms. The minimum absolute atomic E-state index is 0.136. The fraction of sp³-hybridized carbons (Fsp3) is 0.750. The van der Waals surface area contributed by atoms with Gasteiger partial charge in [0.15, 0.2) is 9.84 Å². The molecule has 0 amide bonds. The molecule has 1 aliphatic rings. The SMILES string of the molecule is Cn1nccc1CCC(O)CC1CCS(=O)(=O)C1. The van der Waals surface area contributed by atoms with Crippen molar-refractivity contribution in [2.45, 2.75) is 31.8 Å². The van der Waals surface area contributed by atoms with Crippen LogP contribution in [0.25, 0.3) is 0 Å². The molecule has 6 heteroatoms. The third kappa shape index (κ3) is 3.55. The smallest absolute Gasteiger partial charge is 0.150 e. The second-order valence-corrected chi connectivity index (χ2v) is 7.37. The van der Waals surface area contributed by atoms with Gasteiger partial charge in [0.2, 0.25) is 0 Å². The van der Waals surface area contributed by atoms with Crippen molar-refractivity contribution < 1.29 is 13.5 Å². The first-order valence-corrected chi connectivity index (χ1v) is 8.14. The third-order valence-electron chi connectivity index (χ3n) is 3.59.